The number of hydrogen-bond donors (Lipinski definition) is 1. The lowest BCUT2D eigenvalue weighted by Crippen LogP contribution is -2.17. The topological polar surface area (TPSA) is 20.2 Å². The average molecular weight is 170 g/mol. The SMILES string of the molecule is C=CCCCC(O)CC(C)(C)C. The fourth-order valence-corrected chi connectivity index (χ4v) is 1.31. The third kappa shape index (κ3) is 7.80. The third-order valence-corrected chi connectivity index (χ3v) is 1.79. The molecule has 0 aromatic carbocycles. The van der Waals surface area contributed by atoms with Crippen molar-refractivity contribution in [2.45, 2.75) is 52.6 Å². The van der Waals surface area contributed by atoms with Gasteiger partial charge in [0.2, 0.25) is 0 Å². The highest BCUT2D eigenvalue weighted by Crippen LogP contribution is 2.22. The van der Waals surface area contributed by atoms with Gasteiger partial charge in [0.1, 0.15) is 0 Å². The maximum Gasteiger partial charge on any atom is 0.0545 e. The minimum Gasteiger partial charge on any atom is -0.393 e. The summed E-state index contributed by atoms with van der Waals surface area (Å²) in [5.74, 6) is 0. The van der Waals surface area contributed by atoms with Crippen LogP contribution in [0.3, 0.4) is 0 Å². The normalized spacial score (nSPS) is 14.3. The Morgan fingerprint density at radius 2 is 2.00 bits per heavy atom. The van der Waals surface area contributed by atoms with Crippen LogP contribution in [-0.4, -0.2) is 11.2 Å². The molecule has 1 nitrogen and oxygen atoms in total. The predicted molar refractivity (Wildman–Crippen MR) is 54.1 cm³/mol. The summed E-state index contributed by atoms with van der Waals surface area (Å²) in [5, 5.41) is 9.58. The molecule has 0 fully saturated rings. The lowest BCUT2D eigenvalue weighted by molar-refractivity contribution is 0.111. The summed E-state index contributed by atoms with van der Waals surface area (Å²) in [7, 11) is 0. The van der Waals surface area contributed by atoms with Crippen LogP contribution in [0.1, 0.15) is 46.5 Å². The molecule has 0 heterocycles. The van der Waals surface area contributed by atoms with Crippen molar-refractivity contribution in [1.29, 1.82) is 0 Å². The molecule has 0 rings (SSSR count). The van der Waals surface area contributed by atoms with Gasteiger partial charge in [-0.1, -0.05) is 26.8 Å². The first-order chi connectivity index (χ1) is 5.45. The standard InChI is InChI=1S/C11H22O/c1-5-6-7-8-10(12)9-11(2,3)4/h5,10,12H,1,6-9H2,2-4H3. The molecule has 0 aliphatic carbocycles. The van der Waals surface area contributed by atoms with Crippen LogP contribution in [-0.2, 0) is 0 Å². The van der Waals surface area contributed by atoms with Gasteiger partial charge in [-0.3, -0.25) is 0 Å². The van der Waals surface area contributed by atoms with Crippen LogP contribution < -0.4 is 0 Å². The van der Waals surface area contributed by atoms with Crippen molar-refractivity contribution in [2.24, 2.45) is 5.41 Å². The van der Waals surface area contributed by atoms with Crippen LogP contribution in [0, 0.1) is 5.41 Å². The minimum atomic E-state index is -0.134. The summed E-state index contributed by atoms with van der Waals surface area (Å²) in [4.78, 5) is 0. The maximum absolute atomic E-state index is 9.58. The highest BCUT2D eigenvalue weighted by molar-refractivity contribution is 4.71. The van der Waals surface area contributed by atoms with Crippen LogP contribution in [0.2, 0.25) is 0 Å². The second-order valence-electron chi connectivity index (χ2n) is 4.64. The summed E-state index contributed by atoms with van der Waals surface area (Å²) in [5.41, 5.74) is 0.244. The van der Waals surface area contributed by atoms with Gasteiger partial charge in [0.25, 0.3) is 0 Å². The van der Waals surface area contributed by atoms with Crippen LogP contribution >= 0.6 is 0 Å². The number of hydrogen-bond acceptors (Lipinski definition) is 1. The monoisotopic (exact) mass is 170 g/mol. The van der Waals surface area contributed by atoms with E-state index >= 15 is 0 Å². The second-order valence-corrected chi connectivity index (χ2v) is 4.64. The van der Waals surface area contributed by atoms with E-state index in [2.05, 4.69) is 27.4 Å². The molecule has 0 aliphatic heterocycles. The molecule has 0 amide bonds. The Labute approximate surface area is 76.5 Å². The molecular formula is C11H22O. The molecule has 0 aliphatic rings. The summed E-state index contributed by atoms with van der Waals surface area (Å²) >= 11 is 0. The van der Waals surface area contributed by atoms with Gasteiger partial charge in [0.15, 0.2) is 0 Å². The van der Waals surface area contributed by atoms with E-state index < -0.39 is 0 Å². The zero-order chi connectivity index (χ0) is 9.61. The minimum absolute atomic E-state index is 0.134. The number of allylic oxidation sites excluding steroid dienone is 1. The number of unbranched alkanes of at least 4 members (excludes halogenated alkanes) is 1. The van der Waals surface area contributed by atoms with Gasteiger partial charge < -0.3 is 5.11 Å². The van der Waals surface area contributed by atoms with E-state index in [1.54, 1.807) is 0 Å². The van der Waals surface area contributed by atoms with Crippen LogP contribution in [0.25, 0.3) is 0 Å². The summed E-state index contributed by atoms with van der Waals surface area (Å²) in [6.45, 7) is 10.1. The lowest BCUT2D eigenvalue weighted by Gasteiger charge is -2.21. The molecule has 0 bridgehead atoms. The quantitative estimate of drug-likeness (QED) is 0.496. The van der Waals surface area contributed by atoms with Gasteiger partial charge in [0, 0.05) is 0 Å². The summed E-state index contributed by atoms with van der Waals surface area (Å²) in [6, 6.07) is 0. The Kier molecular flexibility index (Phi) is 5.23. The van der Waals surface area contributed by atoms with Crippen LogP contribution in [0.5, 0.6) is 0 Å². The van der Waals surface area contributed by atoms with Crippen molar-refractivity contribution in [1.82, 2.24) is 0 Å². The molecule has 0 radical (unpaired) electrons. The van der Waals surface area contributed by atoms with E-state index in [9.17, 15) is 5.11 Å². The predicted octanol–water partition coefficient (Wildman–Crippen LogP) is 3.14. The third-order valence-electron chi connectivity index (χ3n) is 1.79. The number of rotatable bonds is 5. The molecule has 0 saturated carbocycles. The molecule has 0 saturated heterocycles. The van der Waals surface area contributed by atoms with Crippen LogP contribution in [0.15, 0.2) is 12.7 Å². The fourth-order valence-electron chi connectivity index (χ4n) is 1.31. The first kappa shape index (κ1) is 11.7. The zero-order valence-electron chi connectivity index (χ0n) is 8.64. The van der Waals surface area contributed by atoms with Gasteiger partial charge in [-0.25, -0.2) is 0 Å². The molecule has 0 spiro atoms. The Hall–Kier alpha value is -0.300. The molecule has 72 valence electrons. The van der Waals surface area contributed by atoms with Crippen molar-refractivity contribution in [2.75, 3.05) is 0 Å². The Morgan fingerprint density at radius 1 is 1.42 bits per heavy atom. The molecule has 0 aromatic rings. The summed E-state index contributed by atoms with van der Waals surface area (Å²) < 4.78 is 0. The van der Waals surface area contributed by atoms with E-state index in [-0.39, 0.29) is 11.5 Å². The van der Waals surface area contributed by atoms with Crippen molar-refractivity contribution < 1.29 is 5.11 Å². The van der Waals surface area contributed by atoms with Gasteiger partial charge >= 0.3 is 0 Å². The Bertz CT molecular complexity index is 121. The van der Waals surface area contributed by atoms with Gasteiger partial charge in [-0.15, -0.1) is 6.58 Å². The van der Waals surface area contributed by atoms with E-state index in [1.165, 1.54) is 0 Å². The zero-order valence-corrected chi connectivity index (χ0v) is 8.64. The fraction of sp³-hybridized carbons (Fsp3) is 0.818. The Morgan fingerprint density at radius 3 is 2.42 bits per heavy atom. The highest BCUT2D eigenvalue weighted by atomic mass is 16.3. The van der Waals surface area contributed by atoms with Crippen molar-refractivity contribution in [3.8, 4) is 0 Å². The van der Waals surface area contributed by atoms with Crippen molar-refractivity contribution >= 4 is 0 Å². The maximum atomic E-state index is 9.58. The van der Waals surface area contributed by atoms with E-state index in [4.69, 9.17) is 0 Å². The first-order valence-corrected chi connectivity index (χ1v) is 4.74. The molecular weight excluding hydrogens is 148 g/mol. The van der Waals surface area contributed by atoms with Gasteiger partial charge in [-0.2, -0.15) is 0 Å². The van der Waals surface area contributed by atoms with Crippen LogP contribution in [0.4, 0.5) is 0 Å². The number of aliphatic hydroxyl groups is 1. The largest absolute Gasteiger partial charge is 0.393 e. The molecule has 0 aromatic heterocycles. The molecule has 1 N–H and O–H groups in total. The van der Waals surface area contributed by atoms with Gasteiger partial charge in [-0.05, 0) is 31.1 Å². The van der Waals surface area contributed by atoms with Crippen molar-refractivity contribution in [3.63, 3.8) is 0 Å². The lowest BCUT2D eigenvalue weighted by atomic mass is 9.88. The molecule has 1 atom stereocenters. The van der Waals surface area contributed by atoms with Gasteiger partial charge in [0.05, 0.1) is 6.10 Å². The molecule has 1 heteroatoms. The highest BCUT2D eigenvalue weighted by Gasteiger charge is 2.15. The Balaban J connectivity index is 3.46. The van der Waals surface area contributed by atoms with E-state index in [0.29, 0.717) is 0 Å². The second kappa shape index (κ2) is 5.36. The molecule has 1 unspecified atom stereocenters. The van der Waals surface area contributed by atoms with E-state index in [0.717, 1.165) is 25.7 Å². The molecule has 12 heavy (non-hydrogen) atoms. The smallest absolute Gasteiger partial charge is 0.0545 e. The average Bonchev–Trinajstić information content (AvgIpc) is 1.84. The number of aliphatic hydroxyl groups excluding tert-OH is 1. The van der Waals surface area contributed by atoms with E-state index in [1.807, 2.05) is 6.08 Å². The summed E-state index contributed by atoms with van der Waals surface area (Å²) in [6.07, 6.45) is 5.64. The van der Waals surface area contributed by atoms with Crippen molar-refractivity contribution in [3.05, 3.63) is 12.7 Å². The first-order valence-electron chi connectivity index (χ1n) is 4.74.